The maximum atomic E-state index is 11.1. The van der Waals surface area contributed by atoms with E-state index >= 15 is 0 Å². The number of aliphatic carboxylic acids is 1. The van der Waals surface area contributed by atoms with Crippen molar-refractivity contribution in [2.24, 2.45) is 0 Å². The topological polar surface area (TPSA) is 78.5 Å². The Kier molecular flexibility index (Phi) is 6.72. The Morgan fingerprint density at radius 3 is 2.84 bits per heavy atom. The van der Waals surface area contributed by atoms with Crippen LogP contribution in [0.4, 0.5) is 5.13 Å². The summed E-state index contributed by atoms with van der Waals surface area (Å²) in [5.74, 6) is -0.0759. The molecule has 0 amide bonds. The van der Waals surface area contributed by atoms with Gasteiger partial charge in [0.2, 0.25) is 0 Å². The molecule has 0 aliphatic carbocycles. The van der Waals surface area contributed by atoms with Crippen LogP contribution in [0.5, 0.6) is 5.75 Å². The maximum absolute atomic E-state index is 11.1. The van der Waals surface area contributed by atoms with Crippen LogP contribution in [0.3, 0.4) is 0 Å². The number of anilines is 1. The van der Waals surface area contributed by atoms with Crippen molar-refractivity contribution in [1.29, 1.82) is 0 Å². The molecule has 0 radical (unpaired) electrons. The molecular weight excluding hydrogens is 410 g/mol. The highest BCUT2D eigenvalue weighted by Gasteiger charge is 2.12. The molecule has 0 aliphatic rings. The van der Waals surface area contributed by atoms with Gasteiger partial charge in [-0.15, -0.1) is 0 Å². The number of hydrogen-bond donors (Lipinski definition) is 2. The fourth-order valence-corrected chi connectivity index (χ4v) is 4.67. The summed E-state index contributed by atoms with van der Waals surface area (Å²) in [5.41, 5.74) is 2.75. The molecule has 2 aromatic heterocycles. The van der Waals surface area contributed by atoms with E-state index in [1.54, 1.807) is 17.5 Å². The Hall–Kier alpha value is -3.06. The molecule has 0 aliphatic heterocycles. The van der Waals surface area contributed by atoms with Crippen molar-refractivity contribution >= 4 is 43.6 Å². The predicted molar refractivity (Wildman–Crippen MR) is 126 cm³/mol. The molecule has 4 aromatic rings. The lowest BCUT2D eigenvalue weighted by Gasteiger charge is -2.21. The monoisotopic (exact) mass is 437 g/mol. The molecule has 4 rings (SSSR count). The number of rotatable bonds is 11. The van der Waals surface area contributed by atoms with Gasteiger partial charge in [-0.25, -0.2) is 4.98 Å². The van der Waals surface area contributed by atoms with Gasteiger partial charge in [0.1, 0.15) is 5.75 Å². The van der Waals surface area contributed by atoms with Crippen molar-refractivity contribution in [3.63, 3.8) is 0 Å². The summed E-state index contributed by atoms with van der Waals surface area (Å²) in [4.78, 5) is 21.4. The van der Waals surface area contributed by atoms with Crippen LogP contribution in [0.1, 0.15) is 31.7 Å². The number of carbonyl (C=O) groups is 1. The Labute approximate surface area is 185 Å². The number of fused-ring (bicyclic) bond motifs is 2. The van der Waals surface area contributed by atoms with E-state index in [9.17, 15) is 4.79 Å². The molecule has 0 saturated heterocycles. The van der Waals surface area contributed by atoms with E-state index in [-0.39, 0.29) is 6.42 Å². The normalized spacial score (nSPS) is 11.3. The number of nitrogens with zero attached hydrogens (tertiary/aromatic N) is 2. The first kappa shape index (κ1) is 21.2. The number of benzene rings is 2. The Morgan fingerprint density at radius 1 is 1.19 bits per heavy atom. The first-order chi connectivity index (χ1) is 15.1. The third-order valence-corrected chi connectivity index (χ3v) is 6.35. The van der Waals surface area contributed by atoms with E-state index in [0.717, 1.165) is 65.2 Å². The van der Waals surface area contributed by atoms with Crippen LogP contribution in [0, 0.1) is 0 Å². The molecule has 0 atom stereocenters. The molecule has 6 nitrogen and oxygen atoms in total. The third-order valence-electron chi connectivity index (χ3n) is 5.26. The number of hydrogen-bond acceptors (Lipinski definition) is 5. The number of para-hydroxylation sites is 1. The Bertz CT molecular complexity index is 1130. The minimum absolute atomic E-state index is 0.00198. The van der Waals surface area contributed by atoms with E-state index in [1.165, 1.54) is 4.70 Å². The highest BCUT2D eigenvalue weighted by molar-refractivity contribution is 7.22. The average molecular weight is 438 g/mol. The van der Waals surface area contributed by atoms with Crippen molar-refractivity contribution in [3.8, 4) is 5.75 Å². The summed E-state index contributed by atoms with van der Waals surface area (Å²) < 4.78 is 7.20. The molecule has 0 spiro atoms. The number of unbranched alkanes of at least 4 members (excludes halogenated alkanes) is 1. The van der Waals surface area contributed by atoms with Gasteiger partial charge in [-0.1, -0.05) is 36.8 Å². The van der Waals surface area contributed by atoms with Gasteiger partial charge in [-0.3, -0.25) is 4.79 Å². The second-order valence-electron chi connectivity index (χ2n) is 7.60. The second kappa shape index (κ2) is 9.83. The number of aromatic amines is 1. The lowest BCUT2D eigenvalue weighted by Crippen LogP contribution is -2.26. The van der Waals surface area contributed by atoms with Crippen molar-refractivity contribution in [2.45, 2.75) is 32.6 Å². The summed E-state index contributed by atoms with van der Waals surface area (Å²) >= 11 is 1.74. The van der Waals surface area contributed by atoms with Crippen LogP contribution >= 0.6 is 11.3 Å². The van der Waals surface area contributed by atoms with Crippen molar-refractivity contribution < 1.29 is 14.6 Å². The van der Waals surface area contributed by atoms with E-state index in [4.69, 9.17) is 14.8 Å². The first-order valence-corrected chi connectivity index (χ1v) is 11.5. The zero-order chi connectivity index (χ0) is 21.6. The number of thiazole rings is 1. The lowest BCUT2D eigenvalue weighted by molar-refractivity contribution is -0.136. The van der Waals surface area contributed by atoms with Crippen molar-refractivity contribution in [1.82, 2.24) is 9.97 Å². The fraction of sp³-hybridized carbons (Fsp3) is 0.333. The molecule has 31 heavy (non-hydrogen) atoms. The van der Waals surface area contributed by atoms with Gasteiger partial charge in [0.15, 0.2) is 5.13 Å². The largest absolute Gasteiger partial charge is 0.494 e. The fourth-order valence-electron chi connectivity index (χ4n) is 3.65. The van der Waals surface area contributed by atoms with Crippen molar-refractivity contribution in [3.05, 3.63) is 54.2 Å². The molecule has 0 saturated carbocycles. The average Bonchev–Trinajstić information content (AvgIpc) is 3.37. The van der Waals surface area contributed by atoms with Crippen LogP contribution in [0.25, 0.3) is 21.1 Å². The summed E-state index contributed by atoms with van der Waals surface area (Å²) in [6.07, 6.45) is 4.91. The number of aromatic nitrogens is 2. The molecule has 0 unspecified atom stereocenters. The molecule has 2 heterocycles. The van der Waals surface area contributed by atoms with E-state index in [1.807, 2.05) is 24.3 Å². The standard InChI is InChI=1S/C24H27N3O3S/c1-2-3-11-27(24-26-21-7-4-5-8-22(21)31-24)12-6-13-30-18-9-10-20-19(15-18)17(16-25-20)14-23(28)29/h4-5,7-10,15-16,25H,2-3,6,11-14H2,1H3,(H,28,29). The second-order valence-corrected chi connectivity index (χ2v) is 8.61. The van der Waals surface area contributed by atoms with E-state index in [0.29, 0.717) is 6.61 Å². The van der Waals surface area contributed by atoms with Crippen LogP contribution in [0.15, 0.2) is 48.7 Å². The molecule has 0 bridgehead atoms. The summed E-state index contributed by atoms with van der Waals surface area (Å²) in [7, 11) is 0. The number of H-pyrrole nitrogens is 1. The zero-order valence-corrected chi connectivity index (χ0v) is 18.5. The quantitative estimate of drug-likeness (QED) is 0.304. The summed E-state index contributed by atoms with van der Waals surface area (Å²) in [6, 6.07) is 14.0. The van der Waals surface area contributed by atoms with Gasteiger partial charge < -0.3 is 19.7 Å². The van der Waals surface area contributed by atoms with Gasteiger partial charge in [0, 0.05) is 30.2 Å². The third kappa shape index (κ3) is 5.17. The van der Waals surface area contributed by atoms with Gasteiger partial charge in [-0.05, 0) is 48.7 Å². The molecule has 7 heteroatoms. The Balaban J connectivity index is 1.38. The van der Waals surface area contributed by atoms with Gasteiger partial charge in [-0.2, -0.15) is 0 Å². The highest BCUT2D eigenvalue weighted by atomic mass is 32.1. The molecule has 0 fully saturated rings. The molecule has 2 N–H and O–H groups in total. The lowest BCUT2D eigenvalue weighted by atomic mass is 10.1. The smallest absolute Gasteiger partial charge is 0.307 e. The van der Waals surface area contributed by atoms with Crippen LogP contribution in [-0.4, -0.2) is 40.7 Å². The predicted octanol–water partition coefficient (Wildman–Crippen LogP) is 5.48. The number of carboxylic acids is 1. The minimum Gasteiger partial charge on any atom is -0.494 e. The minimum atomic E-state index is -0.839. The molecular formula is C24H27N3O3S. The number of ether oxygens (including phenoxy) is 1. The first-order valence-electron chi connectivity index (χ1n) is 10.7. The summed E-state index contributed by atoms with van der Waals surface area (Å²) in [5, 5.41) is 11.1. The van der Waals surface area contributed by atoms with Crippen LogP contribution in [0.2, 0.25) is 0 Å². The zero-order valence-electron chi connectivity index (χ0n) is 17.6. The van der Waals surface area contributed by atoms with E-state index in [2.05, 4.69) is 35.0 Å². The highest BCUT2D eigenvalue weighted by Crippen LogP contribution is 2.29. The van der Waals surface area contributed by atoms with Crippen LogP contribution < -0.4 is 9.64 Å². The Morgan fingerprint density at radius 2 is 2.03 bits per heavy atom. The number of carboxylic acid groups (broad SMARTS) is 1. The van der Waals surface area contributed by atoms with Gasteiger partial charge >= 0.3 is 5.97 Å². The van der Waals surface area contributed by atoms with Crippen molar-refractivity contribution in [2.75, 3.05) is 24.6 Å². The SMILES string of the molecule is CCCCN(CCCOc1ccc2[nH]cc(CC(=O)O)c2c1)c1nc2ccccc2s1. The van der Waals surface area contributed by atoms with Gasteiger partial charge in [0.25, 0.3) is 0 Å². The summed E-state index contributed by atoms with van der Waals surface area (Å²) in [6.45, 7) is 4.67. The van der Waals surface area contributed by atoms with E-state index < -0.39 is 5.97 Å². The number of nitrogens with one attached hydrogen (secondary N) is 1. The van der Waals surface area contributed by atoms with Gasteiger partial charge in [0.05, 0.1) is 23.2 Å². The van der Waals surface area contributed by atoms with Crippen LogP contribution in [-0.2, 0) is 11.2 Å². The molecule has 162 valence electrons. The molecule has 2 aromatic carbocycles. The maximum Gasteiger partial charge on any atom is 0.307 e.